The fourth-order valence-electron chi connectivity index (χ4n) is 1.91. The van der Waals surface area contributed by atoms with Crippen LogP contribution in [0.1, 0.15) is 19.0 Å². The van der Waals surface area contributed by atoms with E-state index < -0.39 is 0 Å². The van der Waals surface area contributed by atoms with Crippen molar-refractivity contribution in [1.82, 2.24) is 4.98 Å². The van der Waals surface area contributed by atoms with Gasteiger partial charge < -0.3 is 14.4 Å². The van der Waals surface area contributed by atoms with Crippen LogP contribution in [0.25, 0.3) is 0 Å². The molecule has 1 aliphatic heterocycles. The smallest absolute Gasteiger partial charge is 0.311 e. The van der Waals surface area contributed by atoms with Crippen molar-refractivity contribution in [3.8, 4) is 0 Å². The molecule has 0 spiro atoms. The number of carbonyl (C=O) groups is 1. The molecule has 0 saturated carbocycles. The lowest BCUT2D eigenvalue weighted by Crippen LogP contribution is -2.30. The third kappa shape index (κ3) is 3.43. The first-order valence-corrected chi connectivity index (χ1v) is 6.95. The average molecular weight is 270 g/mol. The van der Waals surface area contributed by atoms with Gasteiger partial charge in [0.05, 0.1) is 25.3 Å². The van der Waals surface area contributed by atoms with Gasteiger partial charge in [0.25, 0.3) is 0 Å². The normalized spacial score (nSPS) is 20.6. The molecule has 18 heavy (non-hydrogen) atoms. The Morgan fingerprint density at radius 1 is 1.72 bits per heavy atom. The largest absolute Gasteiger partial charge is 0.469 e. The zero-order valence-electron chi connectivity index (χ0n) is 10.7. The maximum atomic E-state index is 11.2. The average Bonchev–Trinajstić information content (AvgIpc) is 2.70. The summed E-state index contributed by atoms with van der Waals surface area (Å²) in [5.74, 6) is -0.251. The number of nitrogens with zero attached hydrogens (tertiary/aromatic N) is 2. The van der Waals surface area contributed by atoms with Gasteiger partial charge in [-0.25, -0.2) is 4.98 Å². The lowest BCUT2D eigenvalue weighted by molar-refractivity contribution is -0.139. The van der Waals surface area contributed by atoms with Gasteiger partial charge in [0.15, 0.2) is 5.13 Å². The molecule has 0 aromatic carbocycles. The number of hydrogen-bond donors (Lipinski definition) is 0. The Balaban J connectivity index is 2.01. The Morgan fingerprint density at radius 3 is 3.33 bits per heavy atom. The molecule has 1 saturated heterocycles. The molecule has 1 unspecified atom stereocenters. The standard InChI is InChI=1S/C12H18N2O3S/c1-9-7-14(4-3-5-17-9)12-13-10(8-18-12)6-11(15)16-2/h8-9H,3-7H2,1-2H3. The van der Waals surface area contributed by atoms with Crippen LogP contribution < -0.4 is 4.90 Å². The van der Waals surface area contributed by atoms with E-state index in [0.717, 1.165) is 36.9 Å². The van der Waals surface area contributed by atoms with Crippen LogP contribution in [0.15, 0.2) is 5.38 Å². The molecule has 1 fully saturated rings. The van der Waals surface area contributed by atoms with Crippen molar-refractivity contribution in [3.63, 3.8) is 0 Å². The molecule has 2 heterocycles. The Morgan fingerprint density at radius 2 is 2.56 bits per heavy atom. The highest BCUT2D eigenvalue weighted by atomic mass is 32.1. The first-order valence-electron chi connectivity index (χ1n) is 6.07. The summed E-state index contributed by atoms with van der Waals surface area (Å²) in [4.78, 5) is 17.9. The van der Waals surface area contributed by atoms with Crippen LogP contribution in [0.5, 0.6) is 0 Å². The number of anilines is 1. The lowest BCUT2D eigenvalue weighted by Gasteiger charge is -2.20. The van der Waals surface area contributed by atoms with E-state index in [1.807, 2.05) is 5.38 Å². The number of thiazole rings is 1. The van der Waals surface area contributed by atoms with Crippen LogP contribution in [0.3, 0.4) is 0 Å². The van der Waals surface area contributed by atoms with E-state index in [1.54, 1.807) is 11.3 Å². The van der Waals surface area contributed by atoms with Gasteiger partial charge in [-0.15, -0.1) is 11.3 Å². The second-order valence-electron chi connectivity index (χ2n) is 4.36. The molecule has 0 bridgehead atoms. The minimum atomic E-state index is -0.251. The molecule has 0 N–H and O–H groups in total. The number of rotatable bonds is 3. The van der Waals surface area contributed by atoms with Gasteiger partial charge >= 0.3 is 5.97 Å². The van der Waals surface area contributed by atoms with Crippen molar-refractivity contribution in [3.05, 3.63) is 11.1 Å². The van der Waals surface area contributed by atoms with Gasteiger partial charge in [0.2, 0.25) is 0 Å². The molecule has 1 aliphatic rings. The predicted octanol–water partition coefficient (Wildman–Crippen LogP) is 1.47. The minimum Gasteiger partial charge on any atom is -0.469 e. The SMILES string of the molecule is COC(=O)Cc1csc(N2CCCOC(C)C2)n1. The Bertz CT molecular complexity index is 408. The van der Waals surface area contributed by atoms with E-state index in [4.69, 9.17) is 4.74 Å². The van der Waals surface area contributed by atoms with Crippen molar-refractivity contribution >= 4 is 22.4 Å². The van der Waals surface area contributed by atoms with E-state index in [-0.39, 0.29) is 18.5 Å². The van der Waals surface area contributed by atoms with Crippen molar-refractivity contribution in [2.45, 2.75) is 25.9 Å². The fourth-order valence-corrected chi connectivity index (χ4v) is 2.77. The molecule has 1 atom stereocenters. The molecular formula is C12H18N2O3S. The molecule has 1 aromatic heterocycles. The van der Waals surface area contributed by atoms with E-state index in [0.29, 0.717) is 0 Å². The quantitative estimate of drug-likeness (QED) is 0.779. The van der Waals surface area contributed by atoms with Crippen molar-refractivity contribution < 1.29 is 14.3 Å². The molecule has 5 nitrogen and oxygen atoms in total. The first kappa shape index (κ1) is 13.3. The molecule has 2 rings (SSSR count). The zero-order valence-corrected chi connectivity index (χ0v) is 11.5. The van der Waals surface area contributed by atoms with E-state index >= 15 is 0 Å². The van der Waals surface area contributed by atoms with Gasteiger partial charge in [-0.2, -0.15) is 0 Å². The van der Waals surface area contributed by atoms with E-state index in [1.165, 1.54) is 7.11 Å². The van der Waals surface area contributed by atoms with E-state index in [2.05, 4.69) is 21.5 Å². The number of hydrogen-bond acceptors (Lipinski definition) is 6. The summed E-state index contributed by atoms with van der Waals surface area (Å²) in [5, 5.41) is 2.88. The highest BCUT2D eigenvalue weighted by Crippen LogP contribution is 2.23. The molecule has 1 aromatic rings. The molecule has 0 aliphatic carbocycles. The Kier molecular flexibility index (Phi) is 4.54. The fraction of sp³-hybridized carbons (Fsp3) is 0.667. The Labute approximate surface area is 111 Å². The number of methoxy groups -OCH3 is 1. The highest BCUT2D eigenvalue weighted by molar-refractivity contribution is 7.13. The minimum absolute atomic E-state index is 0.223. The van der Waals surface area contributed by atoms with Crippen LogP contribution >= 0.6 is 11.3 Å². The monoisotopic (exact) mass is 270 g/mol. The molecule has 100 valence electrons. The number of esters is 1. The predicted molar refractivity (Wildman–Crippen MR) is 70.1 cm³/mol. The van der Waals surface area contributed by atoms with Crippen LogP contribution in [0.4, 0.5) is 5.13 Å². The maximum absolute atomic E-state index is 11.2. The number of aromatic nitrogens is 1. The van der Waals surface area contributed by atoms with Gasteiger partial charge in [-0.05, 0) is 13.3 Å². The second kappa shape index (κ2) is 6.15. The molecule has 6 heteroatoms. The zero-order chi connectivity index (χ0) is 13.0. The van der Waals surface area contributed by atoms with Crippen LogP contribution in [0.2, 0.25) is 0 Å². The van der Waals surface area contributed by atoms with Crippen LogP contribution in [-0.2, 0) is 20.7 Å². The van der Waals surface area contributed by atoms with Gasteiger partial charge in [0, 0.05) is 25.1 Å². The third-order valence-electron chi connectivity index (χ3n) is 2.82. The lowest BCUT2D eigenvalue weighted by atomic mass is 10.3. The third-order valence-corrected chi connectivity index (χ3v) is 3.77. The van der Waals surface area contributed by atoms with Gasteiger partial charge in [-0.3, -0.25) is 4.79 Å². The van der Waals surface area contributed by atoms with E-state index in [9.17, 15) is 4.79 Å². The summed E-state index contributed by atoms with van der Waals surface area (Å²) in [5.41, 5.74) is 0.777. The Hall–Kier alpha value is -1.14. The second-order valence-corrected chi connectivity index (χ2v) is 5.19. The molecular weight excluding hydrogens is 252 g/mol. The van der Waals surface area contributed by atoms with Crippen LogP contribution in [-0.4, -0.2) is 43.9 Å². The summed E-state index contributed by atoms with van der Waals surface area (Å²) >= 11 is 1.57. The highest BCUT2D eigenvalue weighted by Gasteiger charge is 2.18. The topological polar surface area (TPSA) is 51.7 Å². The number of carbonyl (C=O) groups excluding carboxylic acids is 1. The van der Waals surface area contributed by atoms with Gasteiger partial charge in [0.1, 0.15) is 0 Å². The van der Waals surface area contributed by atoms with Crippen molar-refractivity contribution in [2.75, 3.05) is 31.7 Å². The van der Waals surface area contributed by atoms with Gasteiger partial charge in [-0.1, -0.05) is 0 Å². The first-order chi connectivity index (χ1) is 8.69. The number of ether oxygens (including phenoxy) is 2. The maximum Gasteiger partial charge on any atom is 0.311 e. The molecule has 0 radical (unpaired) electrons. The molecule has 0 amide bonds. The van der Waals surface area contributed by atoms with Crippen LogP contribution in [0, 0.1) is 0 Å². The summed E-state index contributed by atoms with van der Waals surface area (Å²) in [7, 11) is 1.39. The summed E-state index contributed by atoms with van der Waals surface area (Å²) in [6.07, 6.45) is 1.48. The summed E-state index contributed by atoms with van der Waals surface area (Å²) < 4.78 is 10.2. The summed E-state index contributed by atoms with van der Waals surface area (Å²) in [6, 6.07) is 0. The van der Waals surface area contributed by atoms with Crippen molar-refractivity contribution in [1.29, 1.82) is 0 Å². The summed E-state index contributed by atoms with van der Waals surface area (Å²) in [6.45, 7) is 4.68. The van der Waals surface area contributed by atoms with Crippen molar-refractivity contribution in [2.24, 2.45) is 0 Å².